The number of halogens is 1. The van der Waals surface area contributed by atoms with Crippen molar-refractivity contribution in [1.29, 1.82) is 0 Å². The average molecular weight is 290 g/mol. The first kappa shape index (κ1) is 14.9. The monoisotopic (exact) mass is 289 g/mol. The number of rotatable bonds is 6. The first-order chi connectivity index (χ1) is 9.72. The summed E-state index contributed by atoms with van der Waals surface area (Å²) in [4.78, 5) is 0. The fourth-order valence-corrected chi connectivity index (χ4v) is 2.20. The molecule has 0 fully saturated rings. The average Bonchev–Trinajstić information content (AvgIpc) is 2.47. The molecule has 0 aliphatic carbocycles. The summed E-state index contributed by atoms with van der Waals surface area (Å²) < 4.78 is 6.01. The molecule has 2 aromatic carbocycles. The van der Waals surface area contributed by atoms with E-state index < -0.39 is 0 Å². The quantitative estimate of drug-likeness (QED) is 0.824. The molecule has 3 heteroatoms. The second-order valence-corrected chi connectivity index (χ2v) is 5.07. The fraction of sp³-hybridized carbons (Fsp3) is 0.294. The van der Waals surface area contributed by atoms with E-state index in [9.17, 15) is 0 Å². The van der Waals surface area contributed by atoms with Gasteiger partial charge < -0.3 is 10.1 Å². The molecular weight excluding hydrogens is 270 g/mol. The molecule has 2 rings (SSSR count). The lowest BCUT2D eigenvalue weighted by atomic mass is 10.1. The summed E-state index contributed by atoms with van der Waals surface area (Å²) >= 11 is 6.06. The highest BCUT2D eigenvalue weighted by Gasteiger charge is 2.06. The first-order valence-corrected chi connectivity index (χ1v) is 7.36. The van der Waals surface area contributed by atoms with E-state index in [1.54, 1.807) is 0 Å². The number of ether oxygens (including phenoxy) is 1. The first-order valence-electron chi connectivity index (χ1n) is 6.99. The van der Waals surface area contributed by atoms with Crippen LogP contribution < -0.4 is 10.1 Å². The number of hydrogen-bond donors (Lipinski definition) is 1. The van der Waals surface area contributed by atoms with Gasteiger partial charge in [0.25, 0.3) is 0 Å². The van der Waals surface area contributed by atoms with Crippen molar-refractivity contribution in [3.05, 3.63) is 58.6 Å². The minimum absolute atomic E-state index is 0.729. The molecule has 1 N–H and O–H groups in total. The molecule has 0 saturated heterocycles. The molecule has 0 aromatic heterocycles. The van der Waals surface area contributed by atoms with Crippen molar-refractivity contribution in [3.63, 3.8) is 0 Å². The summed E-state index contributed by atoms with van der Waals surface area (Å²) in [7, 11) is 0. The second kappa shape index (κ2) is 7.32. The molecular formula is C17H20ClNO. The number of nitrogens with one attached hydrogen (secondary N) is 1. The van der Waals surface area contributed by atoms with Gasteiger partial charge >= 0.3 is 0 Å². The maximum Gasteiger partial charge on any atom is 0.132 e. The number of hydrogen-bond acceptors (Lipinski definition) is 2. The number of aryl methyl sites for hydroxylation is 1. The topological polar surface area (TPSA) is 21.3 Å². The van der Waals surface area contributed by atoms with Gasteiger partial charge in [-0.3, -0.25) is 0 Å². The highest BCUT2D eigenvalue weighted by molar-refractivity contribution is 6.30. The smallest absolute Gasteiger partial charge is 0.132 e. The van der Waals surface area contributed by atoms with Gasteiger partial charge in [0.15, 0.2) is 0 Å². The van der Waals surface area contributed by atoms with Crippen LogP contribution in [0.3, 0.4) is 0 Å². The zero-order chi connectivity index (χ0) is 14.4. The Morgan fingerprint density at radius 2 is 1.95 bits per heavy atom. The summed E-state index contributed by atoms with van der Waals surface area (Å²) in [5.74, 6) is 1.72. The van der Waals surface area contributed by atoms with Crippen molar-refractivity contribution in [2.24, 2.45) is 0 Å². The summed E-state index contributed by atoms with van der Waals surface area (Å²) in [6.45, 7) is 5.88. The van der Waals surface area contributed by atoms with Crippen molar-refractivity contribution >= 4 is 11.6 Å². The standard InChI is InChI=1S/C17H20ClNO/c1-3-13-6-5-7-16(10-13)20-17-9-8-15(18)11-14(17)12-19-4-2/h5-11,19H,3-4,12H2,1-2H3. The summed E-state index contributed by atoms with van der Waals surface area (Å²) in [5, 5.41) is 4.03. The van der Waals surface area contributed by atoms with Crippen LogP contribution in [0.2, 0.25) is 5.02 Å². The largest absolute Gasteiger partial charge is 0.457 e. The Bertz CT molecular complexity index is 569. The Balaban J connectivity index is 2.22. The SMILES string of the molecule is CCNCc1cc(Cl)ccc1Oc1cccc(CC)c1. The minimum atomic E-state index is 0.729. The van der Waals surface area contributed by atoms with Gasteiger partial charge in [-0.25, -0.2) is 0 Å². The molecule has 0 aliphatic heterocycles. The second-order valence-electron chi connectivity index (χ2n) is 4.64. The highest BCUT2D eigenvalue weighted by Crippen LogP contribution is 2.28. The predicted molar refractivity (Wildman–Crippen MR) is 84.7 cm³/mol. The molecule has 0 bridgehead atoms. The maximum atomic E-state index is 6.06. The Morgan fingerprint density at radius 1 is 1.10 bits per heavy atom. The van der Waals surface area contributed by atoms with Crippen LogP contribution in [0.1, 0.15) is 25.0 Å². The van der Waals surface area contributed by atoms with E-state index in [1.165, 1.54) is 5.56 Å². The van der Waals surface area contributed by atoms with Crippen LogP contribution in [-0.2, 0) is 13.0 Å². The normalized spacial score (nSPS) is 10.6. The molecule has 0 radical (unpaired) electrons. The molecule has 0 unspecified atom stereocenters. The van der Waals surface area contributed by atoms with E-state index in [0.29, 0.717) is 0 Å². The lowest BCUT2D eigenvalue weighted by Gasteiger charge is -2.12. The molecule has 0 saturated carbocycles. The van der Waals surface area contributed by atoms with Crippen molar-refractivity contribution in [2.75, 3.05) is 6.54 Å². The van der Waals surface area contributed by atoms with Gasteiger partial charge in [0.05, 0.1) is 0 Å². The molecule has 0 spiro atoms. The Kier molecular flexibility index (Phi) is 5.45. The zero-order valence-corrected chi connectivity index (χ0v) is 12.7. The third kappa shape index (κ3) is 3.99. The Hall–Kier alpha value is -1.51. The van der Waals surface area contributed by atoms with Crippen LogP contribution >= 0.6 is 11.6 Å². The van der Waals surface area contributed by atoms with Gasteiger partial charge in [0, 0.05) is 17.1 Å². The Morgan fingerprint density at radius 3 is 2.70 bits per heavy atom. The van der Waals surface area contributed by atoms with Crippen LogP contribution in [0.25, 0.3) is 0 Å². The van der Waals surface area contributed by atoms with Gasteiger partial charge in [-0.15, -0.1) is 0 Å². The van der Waals surface area contributed by atoms with Crippen molar-refractivity contribution < 1.29 is 4.74 Å². The van der Waals surface area contributed by atoms with Crippen LogP contribution in [0.5, 0.6) is 11.5 Å². The summed E-state index contributed by atoms with van der Waals surface area (Å²) in [6.07, 6.45) is 1.00. The number of benzene rings is 2. The molecule has 2 aromatic rings. The van der Waals surface area contributed by atoms with E-state index >= 15 is 0 Å². The van der Waals surface area contributed by atoms with Gasteiger partial charge in [-0.1, -0.05) is 37.6 Å². The molecule has 0 amide bonds. The molecule has 0 heterocycles. The van der Waals surface area contributed by atoms with Crippen molar-refractivity contribution in [1.82, 2.24) is 5.32 Å². The van der Waals surface area contributed by atoms with Crippen LogP contribution in [0.15, 0.2) is 42.5 Å². The van der Waals surface area contributed by atoms with E-state index in [0.717, 1.165) is 41.6 Å². The maximum absolute atomic E-state index is 6.06. The zero-order valence-electron chi connectivity index (χ0n) is 11.9. The third-order valence-corrected chi connectivity index (χ3v) is 3.36. The lowest BCUT2D eigenvalue weighted by molar-refractivity contribution is 0.472. The van der Waals surface area contributed by atoms with Crippen LogP contribution in [0, 0.1) is 0 Å². The molecule has 0 aliphatic rings. The van der Waals surface area contributed by atoms with Gasteiger partial charge in [0.2, 0.25) is 0 Å². The summed E-state index contributed by atoms with van der Waals surface area (Å²) in [6, 6.07) is 13.9. The van der Waals surface area contributed by atoms with Crippen molar-refractivity contribution in [3.8, 4) is 11.5 Å². The van der Waals surface area contributed by atoms with Gasteiger partial charge in [-0.05, 0) is 48.9 Å². The van der Waals surface area contributed by atoms with Gasteiger partial charge in [0.1, 0.15) is 11.5 Å². The van der Waals surface area contributed by atoms with Crippen LogP contribution in [-0.4, -0.2) is 6.54 Å². The van der Waals surface area contributed by atoms with Crippen LogP contribution in [0.4, 0.5) is 0 Å². The molecule has 0 atom stereocenters. The summed E-state index contributed by atoms with van der Waals surface area (Å²) in [5.41, 5.74) is 2.34. The fourth-order valence-electron chi connectivity index (χ4n) is 2.00. The van der Waals surface area contributed by atoms with E-state index in [4.69, 9.17) is 16.3 Å². The van der Waals surface area contributed by atoms with Gasteiger partial charge in [-0.2, -0.15) is 0 Å². The molecule has 20 heavy (non-hydrogen) atoms. The van der Waals surface area contributed by atoms with E-state index in [2.05, 4.69) is 31.3 Å². The third-order valence-electron chi connectivity index (χ3n) is 3.12. The van der Waals surface area contributed by atoms with E-state index in [1.807, 2.05) is 30.3 Å². The minimum Gasteiger partial charge on any atom is -0.457 e. The Labute approximate surface area is 125 Å². The molecule has 2 nitrogen and oxygen atoms in total. The van der Waals surface area contributed by atoms with Crippen molar-refractivity contribution in [2.45, 2.75) is 26.8 Å². The molecule has 106 valence electrons. The van der Waals surface area contributed by atoms with E-state index in [-0.39, 0.29) is 0 Å². The lowest BCUT2D eigenvalue weighted by Crippen LogP contribution is -2.12. The highest BCUT2D eigenvalue weighted by atomic mass is 35.5. The predicted octanol–water partition coefficient (Wildman–Crippen LogP) is 4.80.